The van der Waals surface area contributed by atoms with Crippen LogP contribution in [-0.2, 0) is 0 Å². The summed E-state index contributed by atoms with van der Waals surface area (Å²) in [7, 11) is 1.60. The standard InChI is InChI=1S/C13H13NO4/c1-7-6-9(4-5-10(7)17-3)12-14-11(13(15)16)8(2)18-12/h4-6H,1-3H3,(H,15,16). The van der Waals surface area contributed by atoms with Crippen molar-refractivity contribution in [1.82, 2.24) is 4.98 Å². The van der Waals surface area contributed by atoms with Crippen molar-refractivity contribution in [3.63, 3.8) is 0 Å². The van der Waals surface area contributed by atoms with Gasteiger partial charge in [0.25, 0.3) is 0 Å². The molecule has 2 aromatic rings. The molecular weight excluding hydrogens is 234 g/mol. The maximum Gasteiger partial charge on any atom is 0.358 e. The third-order valence-electron chi connectivity index (χ3n) is 2.64. The van der Waals surface area contributed by atoms with Gasteiger partial charge in [-0.3, -0.25) is 0 Å². The van der Waals surface area contributed by atoms with E-state index in [1.54, 1.807) is 26.2 Å². The van der Waals surface area contributed by atoms with Crippen molar-refractivity contribution < 1.29 is 19.1 Å². The number of benzene rings is 1. The minimum Gasteiger partial charge on any atom is -0.496 e. The van der Waals surface area contributed by atoms with Crippen LogP contribution >= 0.6 is 0 Å². The third-order valence-corrected chi connectivity index (χ3v) is 2.64. The first-order valence-corrected chi connectivity index (χ1v) is 5.38. The second-order valence-electron chi connectivity index (χ2n) is 3.91. The molecule has 2 rings (SSSR count). The lowest BCUT2D eigenvalue weighted by atomic mass is 10.1. The van der Waals surface area contributed by atoms with E-state index in [0.717, 1.165) is 16.9 Å². The van der Waals surface area contributed by atoms with E-state index in [-0.39, 0.29) is 5.69 Å². The number of aryl methyl sites for hydroxylation is 2. The fourth-order valence-electron chi connectivity index (χ4n) is 1.73. The quantitative estimate of drug-likeness (QED) is 0.902. The minimum absolute atomic E-state index is 0.0570. The molecule has 1 aromatic carbocycles. The summed E-state index contributed by atoms with van der Waals surface area (Å²) in [5.74, 6) is 0.273. The Balaban J connectivity index is 2.46. The fourth-order valence-corrected chi connectivity index (χ4v) is 1.73. The first kappa shape index (κ1) is 12.2. The predicted octanol–water partition coefficient (Wildman–Crippen LogP) is 2.67. The van der Waals surface area contributed by atoms with Gasteiger partial charge in [-0.05, 0) is 37.6 Å². The van der Waals surface area contributed by atoms with E-state index in [2.05, 4.69) is 4.98 Å². The van der Waals surface area contributed by atoms with Crippen molar-refractivity contribution in [3.8, 4) is 17.2 Å². The molecule has 0 saturated heterocycles. The molecule has 5 nitrogen and oxygen atoms in total. The number of hydrogen-bond acceptors (Lipinski definition) is 4. The summed E-state index contributed by atoms with van der Waals surface area (Å²) in [6.45, 7) is 3.48. The molecule has 0 aliphatic carbocycles. The molecule has 0 aliphatic rings. The predicted molar refractivity (Wildman–Crippen MR) is 64.9 cm³/mol. The van der Waals surface area contributed by atoms with Crippen LogP contribution < -0.4 is 4.74 Å². The molecule has 0 aliphatic heterocycles. The van der Waals surface area contributed by atoms with Crippen LogP contribution in [-0.4, -0.2) is 23.2 Å². The molecule has 1 aromatic heterocycles. The van der Waals surface area contributed by atoms with E-state index in [9.17, 15) is 4.79 Å². The molecule has 1 N–H and O–H groups in total. The summed E-state index contributed by atoms with van der Waals surface area (Å²) < 4.78 is 10.5. The lowest BCUT2D eigenvalue weighted by molar-refractivity contribution is 0.0689. The van der Waals surface area contributed by atoms with Gasteiger partial charge in [0.1, 0.15) is 11.5 Å². The van der Waals surface area contributed by atoms with E-state index in [1.807, 2.05) is 13.0 Å². The average Bonchev–Trinajstić information content (AvgIpc) is 2.71. The molecule has 1 heterocycles. The molecule has 0 saturated carbocycles. The monoisotopic (exact) mass is 247 g/mol. The topological polar surface area (TPSA) is 72.6 Å². The Morgan fingerprint density at radius 3 is 2.61 bits per heavy atom. The lowest BCUT2D eigenvalue weighted by Crippen LogP contribution is -1.98. The third kappa shape index (κ3) is 2.07. The number of hydrogen-bond donors (Lipinski definition) is 1. The summed E-state index contributed by atoms with van der Waals surface area (Å²) in [6, 6.07) is 5.42. The number of carboxylic acids is 1. The summed E-state index contributed by atoms with van der Waals surface area (Å²) in [6.07, 6.45) is 0. The number of carboxylic acid groups (broad SMARTS) is 1. The van der Waals surface area contributed by atoms with Gasteiger partial charge in [0, 0.05) is 5.56 Å². The zero-order chi connectivity index (χ0) is 13.3. The highest BCUT2D eigenvalue weighted by Gasteiger charge is 2.17. The lowest BCUT2D eigenvalue weighted by Gasteiger charge is -2.04. The molecule has 0 atom stereocenters. The number of aromatic nitrogens is 1. The highest BCUT2D eigenvalue weighted by atomic mass is 16.5. The second-order valence-corrected chi connectivity index (χ2v) is 3.91. The van der Waals surface area contributed by atoms with E-state index in [0.29, 0.717) is 11.7 Å². The largest absolute Gasteiger partial charge is 0.496 e. The normalized spacial score (nSPS) is 10.4. The van der Waals surface area contributed by atoms with Crippen molar-refractivity contribution in [2.24, 2.45) is 0 Å². The Labute approximate surface area is 104 Å². The van der Waals surface area contributed by atoms with E-state index >= 15 is 0 Å². The van der Waals surface area contributed by atoms with Crippen LogP contribution in [0.2, 0.25) is 0 Å². The smallest absolute Gasteiger partial charge is 0.358 e. The van der Waals surface area contributed by atoms with Crippen LogP contribution in [0, 0.1) is 13.8 Å². The van der Waals surface area contributed by atoms with Gasteiger partial charge >= 0.3 is 5.97 Å². The van der Waals surface area contributed by atoms with Gasteiger partial charge in [-0.15, -0.1) is 0 Å². The molecule has 0 fully saturated rings. The van der Waals surface area contributed by atoms with Crippen molar-refractivity contribution in [1.29, 1.82) is 0 Å². The molecular formula is C13H13NO4. The first-order chi connectivity index (χ1) is 8.52. The summed E-state index contributed by atoms with van der Waals surface area (Å²) >= 11 is 0. The fraction of sp³-hybridized carbons (Fsp3) is 0.231. The molecule has 0 unspecified atom stereocenters. The number of aromatic carboxylic acids is 1. The van der Waals surface area contributed by atoms with Gasteiger partial charge in [-0.2, -0.15) is 0 Å². The van der Waals surface area contributed by atoms with Gasteiger partial charge in [-0.25, -0.2) is 9.78 Å². The summed E-state index contributed by atoms with van der Waals surface area (Å²) in [5, 5.41) is 8.92. The van der Waals surface area contributed by atoms with Crippen LogP contribution in [0.1, 0.15) is 21.8 Å². The molecule has 94 valence electrons. The van der Waals surface area contributed by atoms with E-state index in [1.165, 1.54) is 0 Å². The summed E-state index contributed by atoms with van der Waals surface area (Å²) in [4.78, 5) is 14.9. The Kier molecular flexibility index (Phi) is 3.06. The van der Waals surface area contributed by atoms with Crippen molar-refractivity contribution in [3.05, 3.63) is 35.2 Å². The molecule has 0 amide bonds. The Morgan fingerprint density at radius 1 is 1.39 bits per heavy atom. The Bertz CT molecular complexity index is 601. The maximum absolute atomic E-state index is 10.9. The van der Waals surface area contributed by atoms with Crippen LogP contribution in [0.4, 0.5) is 0 Å². The number of methoxy groups -OCH3 is 1. The second kappa shape index (κ2) is 4.52. The van der Waals surface area contributed by atoms with Gasteiger partial charge in [0.05, 0.1) is 7.11 Å². The maximum atomic E-state index is 10.9. The van der Waals surface area contributed by atoms with Gasteiger partial charge in [0.15, 0.2) is 5.69 Å². The van der Waals surface area contributed by atoms with E-state index in [4.69, 9.17) is 14.3 Å². The number of ether oxygens (including phenoxy) is 1. The van der Waals surface area contributed by atoms with E-state index < -0.39 is 5.97 Å². The van der Waals surface area contributed by atoms with Crippen molar-refractivity contribution >= 4 is 5.97 Å². The molecule has 18 heavy (non-hydrogen) atoms. The van der Waals surface area contributed by atoms with Gasteiger partial charge in [0.2, 0.25) is 5.89 Å². The SMILES string of the molecule is COc1ccc(-c2nc(C(=O)O)c(C)o2)cc1C. The number of carbonyl (C=O) groups is 1. The van der Waals surface area contributed by atoms with Crippen LogP contribution in [0.15, 0.2) is 22.6 Å². The Hall–Kier alpha value is -2.30. The van der Waals surface area contributed by atoms with Crippen LogP contribution in [0.3, 0.4) is 0 Å². The molecule has 0 radical (unpaired) electrons. The summed E-state index contributed by atoms with van der Waals surface area (Å²) in [5.41, 5.74) is 1.60. The molecule has 0 bridgehead atoms. The Morgan fingerprint density at radius 2 is 2.11 bits per heavy atom. The van der Waals surface area contributed by atoms with Crippen LogP contribution in [0.5, 0.6) is 5.75 Å². The number of rotatable bonds is 3. The zero-order valence-corrected chi connectivity index (χ0v) is 10.4. The number of nitrogens with zero attached hydrogens (tertiary/aromatic N) is 1. The van der Waals surface area contributed by atoms with Gasteiger partial charge < -0.3 is 14.3 Å². The molecule has 0 spiro atoms. The van der Waals surface area contributed by atoms with Crippen molar-refractivity contribution in [2.45, 2.75) is 13.8 Å². The average molecular weight is 247 g/mol. The first-order valence-electron chi connectivity index (χ1n) is 5.38. The van der Waals surface area contributed by atoms with Crippen LogP contribution in [0.25, 0.3) is 11.5 Å². The van der Waals surface area contributed by atoms with Crippen molar-refractivity contribution in [2.75, 3.05) is 7.11 Å². The zero-order valence-electron chi connectivity index (χ0n) is 10.4. The minimum atomic E-state index is -1.09. The number of oxazole rings is 1. The molecule has 5 heteroatoms. The highest BCUT2D eigenvalue weighted by Crippen LogP contribution is 2.26. The highest BCUT2D eigenvalue weighted by molar-refractivity contribution is 5.87. The van der Waals surface area contributed by atoms with Gasteiger partial charge in [-0.1, -0.05) is 0 Å².